The topological polar surface area (TPSA) is 0 Å². The third kappa shape index (κ3) is 1.13. The van der Waals surface area contributed by atoms with Gasteiger partial charge in [-0.3, -0.25) is 0 Å². The summed E-state index contributed by atoms with van der Waals surface area (Å²) in [5, 5.41) is 0. The fourth-order valence-corrected chi connectivity index (χ4v) is 0.614. The molecule has 8 heavy (non-hydrogen) atoms. The second-order valence-corrected chi connectivity index (χ2v) is 1.69. The van der Waals surface area contributed by atoms with Crippen molar-refractivity contribution in [2.45, 2.75) is 6.32 Å². The highest BCUT2D eigenvalue weighted by molar-refractivity contribution is 6.08. The Hall–Kier alpha value is -0.715. The average Bonchev–Trinajstić information content (AvgIpc) is 1.90. The maximum atomic E-state index is 5.35. The first-order valence-corrected chi connectivity index (χ1v) is 2.67. The van der Waals surface area contributed by atoms with Gasteiger partial charge in [0, 0.05) is 0 Å². The third-order valence-electron chi connectivity index (χ3n) is 1.08. The SMILES string of the molecule is [B]Cc1ccccc1. The van der Waals surface area contributed by atoms with Crippen LogP contribution < -0.4 is 0 Å². The van der Waals surface area contributed by atoms with Crippen LogP contribution in [0, 0.1) is 0 Å². The molecule has 1 aromatic rings. The van der Waals surface area contributed by atoms with Crippen LogP contribution in [0.25, 0.3) is 0 Å². The summed E-state index contributed by atoms with van der Waals surface area (Å²) in [6.07, 6.45) is 0.640. The zero-order chi connectivity index (χ0) is 5.82. The van der Waals surface area contributed by atoms with Crippen LogP contribution in [0.15, 0.2) is 30.3 Å². The highest BCUT2D eigenvalue weighted by Crippen LogP contribution is 1.95. The zero-order valence-corrected chi connectivity index (χ0v) is 4.67. The van der Waals surface area contributed by atoms with Crippen molar-refractivity contribution in [2.75, 3.05) is 0 Å². The van der Waals surface area contributed by atoms with Gasteiger partial charge >= 0.3 is 0 Å². The lowest BCUT2D eigenvalue weighted by atomic mass is 9.97. The second-order valence-electron chi connectivity index (χ2n) is 1.69. The van der Waals surface area contributed by atoms with E-state index >= 15 is 0 Å². The average molecular weight is 102 g/mol. The van der Waals surface area contributed by atoms with E-state index in [0.29, 0.717) is 6.32 Å². The van der Waals surface area contributed by atoms with Crippen molar-refractivity contribution in [3.8, 4) is 0 Å². The van der Waals surface area contributed by atoms with E-state index in [4.69, 9.17) is 7.85 Å². The first-order valence-electron chi connectivity index (χ1n) is 2.67. The zero-order valence-electron chi connectivity index (χ0n) is 4.67. The molecule has 38 valence electrons. The van der Waals surface area contributed by atoms with Gasteiger partial charge in [0.1, 0.15) is 0 Å². The Labute approximate surface area is 50.9 Å². The van der Waals surface area contributed by atoms with Crippen molar-refractivity contribution >= 4 is 7.85 Å². The fraction of sp³-hybridized carbons (Fsp3) is 0.143. The van der Waals surface area contributed by atoms with Crippen LogP contribution in [-0.2, 0) is 6.32 Å². The van der Waals surface area contributed by atoms with E-state index in [9.17, 15) is 0 Å². The molecule has 1 heteroatoms. The van der Waals surface area contributed by atoms with Crippen LogP contribution in [0.4, 0.5) is 0 Å². The van der Waals surface area contributed by atoms with Gasteiger partial charge in [-0.15, -0.1) is 0 Å². The van der Waals surface area contributed by atoms with E-state index in [1.54, 1.807) is 0 Å². The molecule has 0 atom stereocenters. The Kier molecular flexibility index (Phi) is 1.73. The maximum Gasteiger partial charge on any atom is 0.0716 e. The Morgan fingerprint density at radius 2 is 1.75 bits per heavy atom. The lowest BCUT2D eigenvalue weighted by molar-refractivity contribution is 1.40. The molecule has 0 N–H and O–H groups in total. The van der Waals surface area contributed by atoms with E-state index < -0.39 is 0 Å². The number of rotatable bonds is 1. The minimum absolute atomic E-state index is 0.640. The van der Waals surface area contributed by atoms with Crippen LogP contribution in [0.2, 0.25) is 0 Å². The maximum absolute atomic E-state index is 5.35. The summed E-state index contributed by atoms with van der Waals surface area (Å²) in [4.78, 5) is 0. The van der Waals surface area contributed by atoms with Crippen molar-refractivity contribution in [3.63, 3.8) is 0 Å². The normalized spacial score (nSPS) is 9.00. The van der Waals surface area contributed by atoms with E-state index in [1.807, 2.05) is 30.3 Å². The third-order valence-corrected chi connectivity index (χ3v) is 1.08. The number of hydrogen-bond acceptors (Lipinski definition) is 0. The first-order chi connectivity index (χ1) is 3.93. The highest BCUT2D eigenvalue weighted by atomic mass is 13.8. The predicted octanol–water partition coefficient (Wildman–Crippen LogP) is 1.36. The van der Waals surface area contributed by atoms with Crippen LogP contribution >= 0.6 is 0 Å². The fourth-order valence-electron chi connectivity index (χ4n) is 0.614. The molecular formula is C7H7B. The summed E-state index contributed by atoms with van der Waals surface area (Å²) in [5.74, 6) is 0. The van der Waals surface area contributed by atoms with E-state index in [0.717, 1.165) is 0 Å². The van der Waals surface area contributed by atoms with Crippen molar-refractivity contribution in [2.24, 2.45) is 0 Å². The van der Waals surface area contributed by atoms with Crippen LogP contribution in [0.3, 0.4) is 0 Å². The van der Waals surface area contributed by atoms with Gasteiger partial charge in [0.05, 0.1) is 7.85 Å². The second kappa shape index (κ2) is 2.56. The molecule has 0 fully saturated rings. The summed E-state index contributed by atoms with van der Waals surface area (Å²) in [6, 6.07) is 9.99. The standard InChI is InChI=1S/C7H7B/c8-6-7-4-2-1-3-5-7/h1-5H,6H2. The highest BCUT2D eigenvalue weighted by Gasteiger charge is 1.79. The molecular weight excluding hydrogens is 94.9 g/mol. The van der Waals surface area contributed by atoms with Crippen molar-refractivity contribution < 1.29 is 0 Å². The van der Waals surface area contributed by atoms with Crippen molar-refractivity contribution in [1.82, 2.24) is 0 Å². The summed E-state index contributed by atoms with van der Waals surface area (Å²) in [6.45, 7) is 0. The van der Waals surface area contributed by atoms with Gasteiger partial charge in [-0.05, 0) is 0 Å². The van der Waals surface area contributed by atoms with Gasteiger partial charge in [-0.25, -0.2) is 0 Å². The molecule has 0 amide bonds. The molecule has 0 saturated heterocycles. The largest absolute Gasteiger partial charge is 0.0716 e. The molecule has 0 aliphatic rings. The molecule has 0 aliphatic carbocycles. The van der Waals surface area contributed by atoms with Crippen LogP contribution in [0.1, 0.15) is 5.56 Å². The summed E-state index contributed by atoms with van der Waals surface area (Å²) < 4.78 is 0. The van der Waals surface area contributed by atoms with Crippen LogP contribution in [0.5, 0.6) is 0 Å². The van der Waals surface area contributed by atoms with E-state index in [-0.39, 0.29) is 0 Å². The molecule has 0 spiro atoms. The molecule has 1 aromatic carbocycles. The van der Waals surface area contributed by atoms with Gasteiger partial charge in [-0.1, -0.05) is 42.2 Å². The quantitative estimate of drug-likeness (QED) is 0.469. The molecule has 0 aliphatic heterocycles. The molecule has 0 heterocycles. The Morgan fingerprint density at radius 1 is 1.12 bits per heavy atom. The molecule has 0 nitrogen and oxygen atoms in total. The smallest absolute Gasteiger partial charge is 0.0643 e. The summed E-state index contributed by atoms with van der Waals surface area (Å²) >= 11 is 0. The molecule has 0 aromatic heterocycles. The van der Waals surface area contributed by atoms with E-state index in [2.05, 4.69) is 0 Å². The molecule has 1 rings (SSSR count). The molecule has 0 saturated carbocycles. The summed E-state index contributed by atoms with van der Waals surface area (Å²) in [5.41, 5.74) is 1.19. The van der Waals surface area contributed by atoms with Gasteiger partial charge < -0.3 is 0 Å². The van der Waals surface area contributed by atoms with Gasteiger partial charge in [0.25, 0.3) is 0 Å². The van der Waals surface area contributed by atoms with Gasteiger partial charge in [-0.2, -0.15) is 0 Å². The Bertz CT molecular complexity index is 146. The Morgan fingerprint density at radius 3 is 2.12 bits per heavy atom. The van der Waals surface area contributed by atoms with E-state index in [1.165, 1.54) is 5.56 Å². The Balaban J connectivity index is 2.83. The monoisotopic (exact) mass is 102 g/mol. The van der Waals surface area contributed by atoms with Crippen molar-refractivity contribution in [1.29, 1.82) is 0 Å². The van der Waals surface area contributed by atoms with Gasteiger partial charge in [0.15, 0.2) is 0 Å². The minimum Gasteiger partial charge on any atom is -0.0643 e. The summed E-state index contributed by atoms with van der Waals surface area (Å²) in [7, 11) is 5.35. The first kappa shape index (κ1) is 5.42. The number of hydrogen-bond donors (Lipinski definition) is 0. The molecule has 2 radical (unpaired) electrons. The lowest BCUT2D eigenvalue weighted by Gasteiger charge is -1.89. The van der Waals surface area contributed by atoms with Crippen LogP contribution in [-0.4, -0.2) is 7.85 Å². The minimum atomic E-state index is 0.640. The predicted molar refractivity (Wildman–Crippen MR) is 35.9 cm³/mol. The lowest BCUT2D eigenvalue weighted by Crippen LogP contribution is -1.78. The number of benzene rings is 1. The molecule has 0 bridgehead atoms. The van der Waals surface area contributed by atoms with Gasteiger partial charge in [0.2, 0.25) is 0 Å². The molecule has 0 unspecified atom stereocenters. The van der Waals surface area contributed by atoms with Crippen molar-refractivity contribution in [3.05, 3.63) is 35.9 Å².